The summed E-state index contributed by atoms with van der Waals surface area (Å²) in [6.07, 6.45) is 1.24. The summed E-state index contributed by atoms with van der Waals surface area (Å²) >= 11 is 0. The van der Waals surface area contributed by atoms with E-state index in [2.05, 4.69) is 0 Å². The lowest BCUT2D eigenvalue weighted by Gasteiger charge is -2.38. The molecule has 0 aromatic heterocycles. The molecule has 2 rings (SSSR count). The maximum absolute atomic E-state index is 12.1. The zero-order valence-electron chi connectivity index (χ0n) is 9.59. The molecule has 0 aromatic carbocycles. The van der Waals surface area contributed by atoms with Crippen LogP contribution in [0.15, 0.2) is 0 Å². The molecule has 0 bridgehead atoms. The molecular formula is C11H19NO4. The van der Waals surface area contributed by atoms with E-state index in [4.69, 9.17) is 14.6 Å². The Kier molecular flexibility index (Phi) is 3.78. The number of hydrogen-bond acceptors (Lipinski definition) is 4. The zero-order chi connectivity index (χ0) is 11.5. The predicted molar refractivity (Wildman–Crippen MR) is 57.0 cm³/mol. The van der Waals surface area contributed by atoms with Gasteiger partial charge in [0.2, 0.25) is 0 Å². The second-order valence-corrected chi connectivity index (χ2v) is 4.48. The van der Waals surface area contributed by atoms with Gasteiger partial charge in [-0.25, -0.2) is 0 Å². The van der Waals surface area contributed by atoms with Gasteiger partial charge in [0.1, 0.15) is 6.10 Å². The summed E-state index contributed by atoms with van der Waals surface area (Å²) in [5, 5.41) is 9.05. The van der Waals surface area contributed by atoms with Crippen molar-refractivity contribution in [3.63, 3.8) is 0 Å². The molecule has 3 unspecified atom stereocenters. The van der Waals surface area contributed by atoms with Crippen molar-refractivity contribution in [1.29, 1.82) is 0 Å². The van der Waals surface area contributed by atoms with E-state index in [1.807, 2.05) is 6.92 Å². The molecule has 0 aliphatic carbocycles. The zero-order valence-corrected chi connectivity index (χ0v) is 9.59. The summed E-state index contributed by atoms with van der Waals surface area (Å²) in [7, 11) is 0. The predicted octanol–water partition coefficient (Wildman–Crippen LogP) is -0.226. The Morgan fingerprint density at radius 3 is 2.94 bits per heavy atom. The molecule has 2 heterocycles. The number of aliphatic hydroxyl groups is 1. The molecule has 5 nitrogen and oxygen atoms in total. The summed E-state index contributed by atoms with van der Waals surface area (Å²) in [4.78, 5) is 13.9. The Labute approximate surface area is 95.3 Å². The Hall–Kier alpha value is -0.650. The topological polar surface area (TPSA) is 59.0 Å². The first-order valence-electron chi connectivity index (χ1n) is 5.87. The maximum atomic E-state index is 12.1. The van der Waals surface area contributed by atoms with Gasteiger partial charge in [-0.1, -0.05) is 0 Å². The lowest BCUT2D eigenvalue weighted by atomic mass is 10.1. The standard InChI is InChI=1S/C11H19NO4/c1-8-7-16-9(6-13)5-12(8)11(14)10-3-2-4-15-10/h8-10,13H,2-7H2,1H3. The number of hydrogen-bond donors (Lipinski definition) is 1. The van der Waals surface area contributed by atoms with Gasteiger partial charge in [0.15, 0.2) is 0 Å². The molecule has 1 amide bonds. The summed E-state index contributed by atoms with van der Waals surface area (Å²) in [6.45, 7) is 3.56. The summed E-state index contributed by atoms with van der Waals surface area (Å²) in [5.74, 6) is 0.0479. The van der Waals surface area contributed by atoms with Crippen LogP contribution in [0.4, 0.5) is 0 Å². The smallest absolute Gasteiger partial charge is 0.252 e. The Bertz CT molecular complexity index is 252. The molecule has 1 N–H and O–H groups in total. The van der Waals surface area contributed by atoms with Crippen LogP contribution in [0.5, 0.6) is 0 Å². The van der Waals surface area contributed by atoms with Crippen LogP contribution < -0.4 is 0 Å². The fourth-order valence-corrected chi connectivity index (χ4v) is 2.19. The van der Waals surface area contributed by atoms with Crippen LogP contribution >= 0.6 is 0 Å². The van der Waals surface area contributed by atoms with E-state index in [0.29, 0.717) is 19.8 Å². The van der Waals surface area contributed by atoms with Crippen LogP contribution in [0.3, 0.4) is 0 Å². The molecule has 0 spiro atoms. The molecule has 0 aromatic rings. The molecule has 92 valence electrons. The summed E-state index contributed by atoms with van der Waals surface area (Å²) in [6, 6.07) is 0.0690. The van der Waals surface area contributed by atoms with E-state index < -0.39 is 0 Å². The lowest BCUT2D eigenvalue weighted by Crippen LogP contribution is -2.54. The van der Waals surface area contributed by atoms with Gasteiger partial charge in [0.25, 0.3) is 5.91 Å². The van der Waals surface area contributed by atoms with Crippen LogP contribution in [0.1, 0.15) is 19.8 Å². The number of carbonyl (C=O) groups is 1. The van der Waals surface area contributed by atoms with Crippen LogP contribution in [0, 0.1) is 0 Å². The van der Waals surface area contributed by atoms with E-state index >= 15 is 0 Å². The number of ether oxygens (including phenoxy) is 2. The van der Waals surface area contributed by atoms with Crippen molar-refractivity contribution in [3.05, 3.63) is 0 Å². The Morgan fingerprint density at radius 2 is 2.31 bits per heavy atom. The van der Waals surface area contributed by atoms with Crippen LogP contribution in [-0.4, -0.2) is 60.5 Å². The molecule has 2 aliphatic rings. The minimum Gasteiger partial charge on any atom is -0.394 e. The van der Waals surface area contributed by atoms with E-state index in [0.717, 1.165) is 12.8 Å². The highest BCUT2D eigenvalue weighted by Gasteiger charge is 2.34. The van der Waals surface area contributed by atoms with E-state index in [1.54, 1.807) is 4.90 Å². The minimum atomic E-state index is -0.278. The molecule has 16 heavy (non-hydrogen) atoms. The van der Waals surface area contributed by atoms with Crippen LogP contribution in [0.2, 0.25) is 0 Å². The molecule has 3 atom stereocenters. The quantitative estimate of drug-likeness (QED) is 0.711. The van der Waals surface area contributed by atoms with E-state index in [-0.39, 0.29) is 30.8 Å². The minimum absolute atomic E-state index is 0.0397. The fourth-order valence-electron chi connectivity index (χ4n) is 2.19. The third-order valence-corrected chi connectivity index (χ3v) is 3.20. The highest BCUT2D eigenvalue weighted by atomic mass is 16.5. The molecule has 0 saturated carbocycles. The van der Waals surface area contributed by atoms with Crippen molar-refractivity contribution in [2.24, 2.45) is 0 Å². The number of morpholine rings is 1. The number of amides is 1. The van der Waals surface area contributed by atoms with Gasteiger partial charge in [-0.2, -0.15) is 0 Å². The largest absolute Gasteiger partial charge is 0.394 e. The van der Waals surface area contributed by atoms with Gasteiger partial charge >= 0.3 is 0 Å². The molecule has 2 fully saturated rings. The lowest BCUT2D eigenvalue weighted by molar-refractivity contribution is -0.155. The van der Waals surface area contributed by atoms with Gasteiger partial charge in [-0.05, 0) is 19.8 Å². The van der Waals surface area contributed by atoms with Gasteiger partial charge in [0.05, 0.1) is 25.4 Å². The van der Waals surface area contributed by atoms with Crippen molar-refractivity contribution >= 4 is 5.91 Å². The third kappa shape index (κ3) is 2.36. The molecule has 0 radical (unpaired) electrons. The summed E-state index contributed by atoms with van der Waals surface area (Å²) < 4.78 is 10.8. The second kappa shape index (κ2) is 5.12. The first-order valence-corrected chi connectivity index (χ1v) is 5.87. The van der Waals surface area contributed by atoms with Gasteiger partial charge in [-0.3, -0.25) is 4.79 Å². The van der Waals surface area contributed by atoms with Gasteiger partial charge in [0, 0.05) is 13.2 Å². The van der Waals surface area contributed by atoms with Crippen LogP contribution in [0.25, 0.3) is 0 Å². The number of rotatable bonds is 2. The van der Waals surface area contributed by atoms with Gasteiger partial charge < -0.3 is 19.5 Å². The summed E-state index contributed by atoms with van der Waals surface area (Å²) in [5.41, 5.74) is 0. The fraction of sp³-hybridized carbons (Fsp3) is 0.909. The van der Waals surface area contributed by atoms with Crippen molar-refractivity contribution in [2.75, 3.05) is 26.4 Å². The first kappa shape index (κ1) is 11.8. The SMILES string of the molecule is CC1COC(CO)CN1C(=O)C1CCCO1. The number of carbonyl (C=O) groups excluding carboxylic acids is 1. The Balaban J connectivity index is 1.97. The van der Waals surface area contributed by atoms with Gasteiger partial charge in [-0.15, -0.1) is 0 Å². The maximum Gasteiger partial charge on any atom is 0.252 e. The van der Waals surface area contributed by atoms with E-state index in [1.165, 1.54) is 0 Å². The average Bonchev–Trinajstić information content (AvgIpc) is 2.82. The molecule has 5 heteroatoms. The Morgan fingerprint density at radius 1 is 1.50 bits per heavy atom. The number of aliphatic hydroxyl groups excluding tert-OH is 1. The highest BCUT2D eigenvalue weighted by Crippen LogP contribution is 2.19. The van der Waals surface area contributed by atoms with E-state index in [9.17, 15) is 4.79 Å². The molecule has 2 aliphatic heterocycles. The second-order valence-electron chi connectivity index (χ2n) is 4.48. The van der Waals surface area contributed by atoms with Crippen molar-refractivity contribution < 1.29 is 19.4 Å². The molecule has 2 saturated heterocycles. The van der Waals surface area contributed by atoms with Crippen molar-refractivity contribution in [1.82, 2.24) is 4.90 Å². The normalized spacial score (nSPS) is 35.4. The highest BCUT2D eigenvalue weighted by molar-refractivity contribution is 5.81. The van der Waals surface area contributed by atoms with Crippen molar-refractivity contribution in [2.45, 2.75) is 38.0 Å². The first-order chi connectivity index (χ1) is 7.72. The number of nitrogens with zero attached hydrogens (tertiary/aromatic N) is 1. The monoisotopic (exact) mass is 229 g/mol. The molecular weight excluding hydrogens is 210 g/mol. The van der Waals surface area contributed by atoms with Crippen molar-refractivity contribution in [3.8, 4) is 0 Å². The third-order valence-electron chi connectivity index (χ3n) is 3.20. The average molecular weight is 229 g/mol. The van der Waals surface area contributed by atoms with Crippen LogP contribution in [-0.2, 0) is 14.3 Å².